The van der Waals surface area contributed by atoms with Gasteiger partial charge in [-0.3, -0.25) is 0 Å². The molecule has 0 aromatic rings. The van der Waals surface area contributed by atoms with Gasteiger partial charge in [0.15, 0.2) is 5.79 Å². The highest BCUT2D eigenvalue weighted by atomic mass is 16.7. The first-order valence-corrected chi connectivity index (χ1v) is 30.0. The van der Waals surface area contributed by atoms with Crippen LogP contribution in [-0.2, 0) is 56.8 Å². The molecule has 0 radical (unpaired) electrons. The van der Waals surface area contributed by atoms with E-state index in [-0.39, 0.29) is 151 Å². The Balaban J connectivity index is 0.686. The summed E-state index contributed by atoms with van der Waals surface area (Å²) in [6.07, 6.45) is 26.6. The fourth-order valence-corrected chi connectivity index (χ4v) is 16.6. The maximum atomic E-state index is 12.5. The molecule has 0 bridgehead atoms. The van der Waals surface area contributed by atoms with E-state index in [4.69, 9.17) is 56.8 Å². The monoisotopic (exact) mass is 1060 g/mol. The van der Waals surface area contributed by atoms with E-state index in [0.717, 1.165) is 51.4 Å². The molecule has 0 unspecified atom stereocenters. The lowest BCUT2D eigenvalue weighted by Crippen LogP contribution is -2.63. The number of hydrogen-bond acceptors (Lipinski definition) is 14. The zero-order chi connectivity index (χ0) is 52.2. The molecule has 0 amide bonds. The second kappa shape index (κ2) is 21.3. The first-order valence-electron chi connectivity index (χ1n) is 30.0. The van der Waals surface area contributed by atoms with Crippen molar-refractivity contribution >= 4 is 0 Å². The van der Waals surface area contributed by atoms with Crippen LogP contribution in [0.15, 0.2) is 73.4 Å². The van der Waals surface area contributed by atoms with E-state index in [0.29, 0.717) is 32.3 Å². The Morgan fingerprint density at radius 1 is 0.526 bits per heavy atom. The Morgan fingerprint density at radius 3 is 2.05 bits per heavy atom. The summed E-state index contributed by atoms with van der Waals surface area (Å²) in [5.41, 5.74) is -0.964. The van der Waals surface area contributed by atoms with Crippen molar-refractivity contribution in [2.45, 2.75) is 264 Å². The van der Waals surface area contributed by atoms with Crippen LogP contribution < -0.4 is 0 Å². The van der Waals surface area contributed by atoms with Gasteiger partial charge in [0, 0.05) is 55.8 Å². The predicted molar refractivity (Wildman–Crippen MR) is 281 cm³/mol. The zero-order valence-electron chi connectivity index (χ0n) is 45.8. The third kappa shape index (κ3) is 9.61. The van der Waals surface area contributed by atoms with Gasteiger partial charge in [-0.05, 0) is 69.6 Å². The van der Waals surface area contributed by atoms with Gasteiger partial charge in [0.05, 0.1) is 129 Å². The minimum atomic E-state index is -0.964. The van der Waals surface area contributed by atoms with E-state index in [1.54, 1.807) is 6.08 Å². The summed E-state index contributed by atoms with van der Waals surface area (Å²) in [4.78, 5) is 0. The quantitative estimate of drug-likeness (QED) is 0.203. The largest absolute Gasteiger partial charge is 0.390 e. The Labute approximate surface area is 451 Å². The van der Waals surface area contributed by atoms with E-state index in [2.05, 4.69) is 89.8 Å². The normalized spacial score (nSPS) is 57.1. The number of fused-ring (bicyclic) bond motifs is 11. The highest BCUT2D eigenvalue weighted by Gasteiger charge is 2.62. The fourth-order valence-electron chi connectivity index (χ4n) is 16.6. The van der Waals surface area contributed by atoms with Crippen molar-refractivity contribution in [2.75, 3.05) is 6.61 Å². The maximum absolute atomic E-state index is 12.5. The molecule has 31 atom stereocenters. The van der Waals surface area contributed by atoms with Gasteiger partial charge in [0.1, 0.15) is 17.8 Å². The molecule has 0 aromatic carbocycles. The zero-order valence-corrected chi connectivity index (χ0v) is 45.8. The highest BCUT2D eigenvalue weighted by molar-refractivity contribution is 5.17. The standard InChI is InChI=1S/C62H88O14/c1-8-9-15-39-16-12-18-44-57(66-39)35(5)58-51(69-44)28-46-43(72-58)20-19-38-27-37-14-10-11-17-42-48(68-40(37)21-22-41(38)67-46)30-53(63)61(7)54(71-42)31-49-50(75-61)26-32(2)25-45-47(70-49)29-52-56(73-45)34(4)55(64)60-59(74-52)33(3)36(6)62(76-60)23-13-24-65-62/h8-12,15-16,19-22,32-60,63-64H,1,13-14,17-18,23-31H2,2-7H3/b11-10-,15-9+/t32-,33+,34+,35-,36+,37+,38-,39+,40+,41-,42+,43-,44+,45+,46+,47-,48-,49+,50-,51-,52+,53-,54-,55+,56-,57-,58+,59-,60+,61+,62+/m1/s1. The third-order valence-corrected chi connectivity index (χ3v) is 21.2. The summed E-state index contributed by atoms with van der Waals surface area (Å²) in [6, 6.07) is 0. The van der Waals surface area contributed by atoms with Crippen molar-refractivity contribution in [3.63, 3.8) is 0 Å². The SMILES string of the molecule is C=C/C=C/[C@H]1C=CC[C@@H]2O[C@@H]3C[C@@H]4O[C@@H]5C=C[C@@H]6O[C@@H]7C[C@@H](O)[C@]8(C)O[C@@H]9C[C@H](C)C[C@@H]%10O[C@@H]%11[C@@H](C)[C@H](O)[C@@H]%12O[C@@]%13(CCCO%13)[C@@H](C)[C@H](C)[C@H]%12O[C@H]%11C[C@H]%10O[C@H]9C[C@H]8O[C@H]7C/C=C\C[C@H]6C[C@H]5C=C[C@H]4O[C@H]3[C@H](C)[C@H]2O1. The van der Waals surface area contributed by atoms with Crippen molar-refractivity contribution < 1.29 is 67.1 Å². The average Bonchev–Trinajstić information content (AvgIpc) is 3.62. The van der Waals surface area contributed by atoms with Crippen LogP contribution in [0.4, 0.5) is 0 Å². The van der Waals surface area contributed by atoms with Gasteiger partial charge in [-0.2, -0.15) is 0 Å². The molecule has 14 nitrogen and oxygen atoms in total. The van der Waals surface area contributed by atoms with Crippen molar-refractivity contribution in [3.05, 3.63) is 73.4 Å². The lowest BCUT2D eigenvalue weighted by atomic mass is 9.76. The molecule has 76 heavy (non-hydrogen) atoms. The van der Waals surface area contributed by atoms with Crippen LogP contribution in [-0.4, -0.2) is 162 Å². The Bertz CT molecular complexity index is 2230. The van der Waals surface area contributed by atoms with Gasteiger partial charge >= 0.3 is 0 Å². The van der Waals surface area contributed by atoms with E-state index < -0.39 is 35.8 Å². The third-order valence-electron chi connectivity index (χ3n) is 21.2. The molecule has 2 N–H and O–H groups in total. The van der Waals surface area contributed by atoms with Gasteiger partial charge in [0.2, 0.25) is 0 Å². The number of aliphatic hydroxyl groups is 2. The van der Waals surface area contributed by atoms with Crippen LogP contribution in [0.3, 0.4) is 0 Å². The molecule has 14 heteroatoms. The van der Waals surface area contributed by atoms with E-state index in [1.165, 1.54) is 0 Å². The Morgan fingerprint density at radius 2 is 1.21 bits per heavy atom. The predicted octanol–water partition coefficient (Wildman–Crippen LogP) is 7.97. The smallest absolute Gasteiger partial charge is 0.171 e. The summed E-state index contributed by atoms with van der Waals surface area (Å²) in [7, 11) is 0. The van der Waals surface area contributed by atoms with E-state index in [1.807, 2.05) is 19.1 Å². The van der Waals surface area contributed by atoms with Crippen molar-refractivity contribution in [1.29, 1.82) is 0 Å². The minimum Gasteiger partial charge on any atom is -0.390 e. The molecule has 9 saturated heterocycles. The van der Waals surface area contributed by atoms with Gasteiger partial charge in [0.25, 0.3) is 0 Å². The average molecular weight is 1060 g/mol. The Hall–Kier alpha value is -2.12. The molecule has 13 aliphatic rings. The Kier molecular flexibility index (Phi) is 14.9. The first-order chi connectivity index (χ1) is 36.8. The summed E-state index contributed by atoms with van der Waals surface area (Å²) in [6.45, 7) is 17.6. The molecule has 13 rings (SSSR count). The second-order valence-corrected chi connectivity index (χ2v) is 26.0. The van der Waals surface area contributed by atoms with Crippen molar-refractivity contribution in [2.24, 2.45) is 41.4 Å². The number of hydrogen-bond donors (Lipinski definition) is 2. The molecule has 420 valence electrons. The number of allylic oxidation sites excluding steroid dienone is 3. The fraction of sp³-hybridized carbons (Fsp3) is 0.806. The highest BCUT2D eigenvalue weighted by Crippen LogP contribution is 2.52. The summed E-state index contributed by atoms with van der Waals surface area (Å²) >= 11 is 0. The summed E-state index contributed by atoms with van der Waals surface area (Å²) < 4.78 is 83.8. The number of ether oxygens (including phenoxy) is 12. The molecule has 12 heterocycles. The molecular weight excluding hydrogens is 969 g/mol. The molecule has 1 spiro atoms. The molecule has 0 aromatic heterocycles. The van der Waals surface area contributed by atoms with E-state index >= 15 is 0 Å². The van der Waals surface area contributed by atoms with Crippen LogP contribution in [0.25, 0.3) is 0 Å². The number of aliphatic hydroxyl groups excluding tert-OH is 2. The summed E-state index contributed by atoms with van der Waals surface area (Å²) in [5, 5.41) is 24.5. The summed E-state index contributed by atoms with van der Waals surface area (Å²) in [5.74, 6) is 0.0804. The van der Waals surface area contributed by atoms with Gasteiger partial charge in [-0.25, -0.2) is 0 Å². The number of rotatable bonds is 2. The minimum absolute atomic E-state index is 0.0446. The topological polar surface area (TPSA) is 151 Å². The van der Waals surface area contributed by atoms with Crippen LogP contribution in [0, 0.1) is 41.4 Å². The van der Waals surface area contributed by atoms with Crippen LogP contribution in [0.2, 0.25) is 0 Å². The maximum Gasteiger partial charge on any atom is 0.171 e. The van der Waals surface area contributed by atoms with Gasteiger partial charge in [-0.15, -0.1) is 0 Å². The van der Waals surface area contributed by atoms with Gasteiger partial charge < -0.3 is 67.1 Å². The van der Waals surface area contributed by atoms with Crippen LogP contribution >= 0.6 is 0 Å². The molecule has 12 aliphatic heterocycles. The lowest BCUT2D eigenvalue weighted by molar-refractivity contribution is -0.339. The second-order valence-electron chi connectivity index (χ2n) is 26.0. The van der Waals surface area contributed by atoms with Crippen LogP contribution in [0.5, 0.6) is 0 Å². The first kappa shape index (κ1) is 53.2. The van der Waals surface area contributed by atoms with Crippen molar-refractivity contribution in [1.82, 2.24) is 0 Å². The lowest BCUT2D eigenvalue weighted by Gasteiger charge is -2.53. The molecule has 1 aliphatic carbocycles. The van der Waals surface area contributed by atoms with E-state index in [9.17, 15) is 10.2 Å². The molecule has 9 fully saturated rings. The molecule has 0 saturated carbocycles. The molecular formula is C62H88O14. The van der Waals surface area contributed by atoms with Crippen LogP contribution in [0.1, 0.15) is 119 Å². The van der Waals surface area contributed by atoms with Crippen molar-refractivity contribution in [3.8, 4) is 0 Å². The van der Waals surface area contributed by atoms with Gasteiger partial charge in [-0.1, -0.05) is 108 Å².